The normalized spacial score (nSPS) is 12.7. The minimum absolute atomic E-state index is 0.492. The van der Waals surface area contributed by atoms with Crippen LogP contribution in [0.1, 0.15) is 10.6 Å². The number of halogens is 2. The maximum atomic E-state index is 10.2. The van der Waals surface area contributed by atoms with Crippen LogP contribution in [-0.2, 0) is 12.8 Å². The van der Waals surface area contributed by atoms with Crippen LogP contribution in [0.3, 0.4) is 0 Å². The molecule has 0 spiro atoms. The number of benzene rings is 2. The average molecular weight is 338 g/mol. The molecule has 0 amide bonds. The van der Waals surface area contributed by atoms with Crippen molar-refractivity contribution in [3.63, 3.8) is 0 Å². The van der Waals surface area contributed by atoms with Crippen molar-refractivity contribution in [3.05, 3.63) is 63.1 Å². The molecule has 21 heavy (non-hydrogen) atoms. The standard InChI is InChI=1S/C16H13Cl2NOS/c17-11-6-5-10(13(18)8-11)7-12(20)9-16-19-14-3-1-2-4-15(14)21-16/h1-6,8,12,20H,7,9H2. The van der Waals surface area contributed by atoms with Crippen LogP contribution >= 0.6 is 34.5 Å². The Morgan fingerprint density at radius 3 is 2.67 bits per heavy atom. The van der Waals surface area contributed by atoms with E-state index in [0.29, 0.717) is 22.9 Å². The lowest BCUT2D eigenvalue weighted by molar-refractivity contribution is 0.175. The van der Waals surface area contributed by atoms with Gasteiger partial charge in [0.2, 0.25) is 0 Å². The molecule has 0 aliphatic heterocycles. The van der Waals surface area contributed by atoms with E-state index in [1.807, 2.05) is 30.3 Å². The molecule has 2 aromatic carbocycles. The highest BCUT2D eigenvalue weighted by Gasteiger charge is 2.12. The first-order chi connectivity index (χ1) is 10.1. The molecule has 0 saturated heterocycles. The highest BCUT2D eigenvalue weighted by atomic mass is 35.5. The molecule has 3 rings (SSSR count). The summed E-state index contributed by atoms with van der Waals surface area (Å²) >= 11 is 13.6. The van der Waals surface area contributed by atoms with E-state index >= 15 is 0 Å². The number of hydrogen-bond acceptors (Lipinski definition) is 3. The van der Waals surface area contributed by atoms with Crippen LogP contribution in [0.5, 0.6) is 0 Å². The Balaban J connectivity index is 1.72. The second kappa shape index (κ2) is 6.32. The first-order valence-corrected chi connectivity index (χ1v) is 8.15. The third-order valence-electron chi connectivity index (χ3n) is 3.22. The van der Waals surface area contributed by atoms with Crippen LogP contribution in [0.15, 0.2) is 42.5 Å². The van der Waals surface area contributed by atoms with Gasteiger partial charge >= 0.3 is 0 Å². The van der Waals surface area contributed by atoms with Crippen molar-refractivity contribution in [1.29, 1.82) is 0 Å². The molecule has 0 bridgehead atoms. The topological polar surface area (TPSA) is 33.1 Å². The molecule has 0 aliphatic rings. The zero-order chi connectivity index (χ0) is 14.8. The third-order valence-corrected chi connectivity index (χ3v) is 4.86. The van der Waals surface area contributed by atoms with Gasteiger partial charge in [0.05, 0.1) is 21.3 Å². The molecular weight excluding hydrogens is 325 g/mol. The molecule has 108 valence electrons. The summed E-state index contributed by atoms with van der Waals surface area (Å²) in [5.74, 6) is 0. The summed E-state index contributed by atoms with van der Waals surface area (Å²) in [6.45, 7) is 0. The Labute approximate surface area is 137 Å². The monoisotopic (exact) mass is 337 g/mol. The summed E-state index contributed by atoms with van der Waals surface area (Å²) in [7, 11) is 0. The summed E-state index contributed by atoms with van der Waals surface area (Å²) in [5.41, 5.74) is 1.88. The number of fused-ring (bicyclic) bond motifs is 1. The number of aliphatic hydroxyl groups excluding tert-OH is 1. The lowest BCUT2D eigenvalue weighted by Gasteiger charge is -2.10. The van der Waals surface area contributed by atoms with Gasteiger partial charge in [-0.3, -0.25) is 0 Å². The number of hydrogen-bond donors (Lipinski definition) is 1. The molecule has 0 aliphatic carbocycles. The van der Waals surface area contributed by atoms with E-state index in [2.05, 4.69) is 4.98 Å². The molecule has 0 fully saturated rings. The predicted octanol–water partition coefficient (Wildman–Crippen LogP) is 4.75. The van der Waals surface area contributed by atoms with E-state index in [0.717, 1.165) is 20.8 Å². The van der Waals surface area contributed by atoms with Gasteiger partial charge in [-0.25, -0.2) is 4.98 Å². The number of aromatic nitrogens is 1. The molecule has 0 saturated carbocycles. The molecule has 1 aromatic heterocycles. The van der Waals surface area contributed by atoms with Crippen molar-refractivity contribution in [1.82, 2.24) is 4.98 Å². The van der Waals surface area contributed by atoms with Gasteiger partial charge in [-0.15, -0.1) is 11.3 Å². The van der Waals surface area contributed by atoms with Crippen molar-refractivity contribution in [3.8, 4) is 0 Å². The molecule has 1 heterocycles. The maximum Gasteiger partial charge on any atom is 0.0964 e. The summed E-state index contributed by atoms with van der Waals surface area (Å²) in [4.78, 5) is 4.54. The number of para-hydroxylation sites is 1. The van der Waals surface area contributed by atoms with Crippen LogP contribution in [0.2, 0.25) is 10.0 Å². The lowest BCUT2D eigenvalue weighted by atomic mass is 10.1. The smallest absolute Gasteiger partial charge is 0.0964 e. The van der Waals surface area contributed by atoms with Crippen LogP contribution in [0.25, 0.3) is 10.2 Å². The molecule has 0 radical (unpaired) electrons. The van der Waals surface area contributed by atoms with Crippen molar-refractivity contribution < 1.29 is 5.11 Å². The van der Waals surface area contributed by atoms with Crippen LogP contribution in [-0.4, -0.2) is 16.2 Å². The summed E-state index contributed by atoms with van der Waals surface area (Å²) in [6, 6.07) is 13.3. The fraction of sp³-hybridized carbons (Fsp3) is 0.188. The highest BCUT2D eigenvalue weighted by Crippen LogP contribution is 2.25. The zero-order valence-electron chi connectivity index (χ0n) is 11.1. The first kappa shape index (κ1) is 14.8. The van der Waals surface area contributed by atoms with Gasteiger partial charge in [0.25, 0.3) is 0 Å². The Morgan fingerprint density at radius 2 is 1.90 bits per heavy atom. The highest BCUT2D eigenvalue weighted by molar-refractivity contribution is 7.18. The van der Waals surface area contributed by atoms with E-state index in [4.69, 9.17) is 23.2 Å². The number of nitrogens with zero attached hydrogens (tertiary/aromatic N) is 1. The molecule has 5 heteroatoms. The van der Waals surface area contributed by atoms with Gasteiger partial charge in [0.1, 0.15) is 0 Å². The Kier molecular flexibility index (Phi) is 4.45. The van der Waals surface area contributed by atoms with Crippen LogP contribution in [0.4, 0.5) is 0 Å². The van der Waals surface area contributed by atoms with E-state index in [-0.39, 0.29) is 0 Å². The molecule has 2 nitrogen and oxygen atoms in total. The zero-order valence-corrected chi connectivity index (χ0v) is 13.4. The summed E-state index contributed by atoms with van der Waals surface area (Å²) in [6.07, 6.45) is 0.508. The molecule has 1 N–H and O–H groups in total. The molecular formula is C16H13Cl2NOS. The fourth-order valence-electron chi connectivity index (χ4n) is 2.22. The average Bonchev–Trinajstić information content (AvgIpc) is 2.84. The van der Waals surface area contributed by atoms with E-state index < -0.39 is 6.10 Å². The van der Waals surface area contributed by atoms with Crippen molar-refractivity contribution >= 4 is 44.8 Å². The minimum atomic E-state index is -0.510. The summed E-state index contributed by atoms with van der Waals surface area (Å²) < 4.78 is 1.14. The predicted molar refractivity (Wildman–Crippen MR) is 89.5 cm³/mol. The van der Waals surface area contributed by atoms with E-state index in [1.54, 1.807) is 23.5 Å². The Bertz CT molecular complexity index is 739. The van der Waals surface area contributed by atoms with Gasteiger partial charge in [-0.1, -0.05) is 41.4 Å². The van der Waals surface area contributed by atoms with Gasteiger partial charge < -0.3 is 5.11 Å². The van der Waals surface area contributed by atoms with Gasteiger partial charge in [-0.05, 0) is 29.8 Å². The van der Waals surface area contributed by atoms with Gasteiger partial charge in [0.15, 0.2) is 0 Å². The SMILES string of the molecule is OC(Cc1nc2ccccc2s1)Cc1ccc(Cl)cc1Cl. The van der Waals surface area contributed by atoms with Gasteiger partial charge in [0, 0.05) is 22.9 Å². The summed E-state index contributed by atoms with van der Waals surface area (Å²) in [5, 5.41) is 12.4. The minimum Gasteiger partial charge on any atom is -0.392 e. The van der Waals surface area contributed by atoms with Crippen molar-refractivity contribution in [2.45, 2.75) is 18.9 Å². The first-order valence-electron chi connectivity index (χ1n) is 6.58. The number of thiazole rings is 1. The van der Waals surface area contributed by atoms with E-state index in [9.17, 15) is 5.11 Å². The second-order valence-electron chi connectivity index (χ2n) is 4.87. The molecule has 1 unspecified atom stereocenters. The van der Waals surface area contributed by atoms with Crippen LogP contribution in [0, 0.1) is 0 Å². The quantitative estimate of drug-likeness (QED) is 0.745. The molecule has 3 aromatic rings. The van der Waals surface area contributed by atoms with Crippen LogP contribution < -0.4 is 0 Å². The van der Waals surface area contributed by atoms with Gasteiger partial charge in [-0.2, -0.15) is 0 Å². The Hall–Kier alpha value is -1.13. The second-order valence-corrected chi connectivity index (χ2v) is 6.83. The fourth-order valence-corrected chi connectivity index (χ4v) is 3.75. The Morgan fingerprint density at radius 1 is 1.10 bits per heavy atom. The maximum absolute atomic E-state index is 10.2. The lowest BCUT2D eigenvalue weighted by Crippen LogP contribution is -2.14. The largest absolute Gasteiger partial charge is 0.392 e. The number of rotatable bonds is 4. The van der Waals surface area contributed by atoms with Crippen molar-refractivity contribution in [2.24, 2.45) is 0 Å². The number of aliphatic hydroxyl groups is 1. The third kappa shape index (κ3) is 3.55. The van der Waals surface area contributed by atoms with E-state index in [1.165, 1.54) is 0 Å². The van der Waals surface area contributed by atoms with Crippen molar-refractivity contribution in [2.75, 3.05) is 0 Å². The molecule has 1 atom stereocenters.